The molecule has 94 valence electrons. The second-order valence-electron chi connectivity index (χ2n) is 4.99. The lowest BCUT2D eigenvalue weighted by molar-refractivity contribution is -0.130. The van der Waals surface area contributed by atoms with Gasteiger partial charge < -0.3 is 4.90 Å². The first-order chi connectivity index (χ1) is 7.49. The van der Waals surface area contributed by atoms with E-state index in [2.05, 4.69) is 17.2 Å². The summed E-state index contributed by atoms with van der Waals surface area (Å²) >= 11 is 2.04. The Labute approximate surface area is 102 Å². The molecule has 3 N–H and O–H groups in total. The average Bonchev–Trinajstić information content (AvgIpc) is 2.27. The molecule has 1 heterocycles. The van der Waals surface area contributed by atoms with Crippen LogP contribution in [-0.2, 0) is 4.79 Å². The Balaban J connectivity index is 2.49. The fourth-order valence-electron chi connectivity index (χ4n) is 2.00. The predicted octanol–water partition coefficient (Wildman–Crippen LogP) is 0.830. The standard InChI is InChI=1S/C11H23N3OS/c1-4-9-7-14(5-6-16-9)8-11(2,3)10(15)13-12/h9H,4-8,12H2,1-3H3,(H,13,15). The van der Waals surface area contributed by atoms with E-state index in [4.69, 9.17) is 5.84 Å². The van der Waals surface area contributed by atoms with Crippen molar-refractivity contribution in [3.63, 3.8) is 0 Å². The number of hydrazine groups is 1. The van der Waals surface area contributed by atoms with E-state index in [0.717, 1.165) is 19.6 Å². The van der Waals surface area contributed by atoms with Crippen molar-refractivity contribution >= 4 is 17.7 Å². The molecule has 5 heteroatoms. The molecule has 0 bridgehead atoms. The maximum atomic E-state index is 11.6. The topological polar surface area (TPSA) is 58.4 Å². The molecule has 1 aliphatic rings. The van der Waals surface area contributed by atoms with Crippen molar-refractivity contribution in [2.75, 3.05) is 25.4 Å². The molecular weight excluding hydrogens is 222 g/mol. The van der Waals surface area contributed by atoms with Crippen molar-refractivity contribution in [1.82, 2.24) is 10.3 Å². The van der Waals surface area contributed by atoms with Crippen LogP contribution < -0.4 is 11.3 Å². The molecule has 0 radical (unpaired) electrons. The summed E-state index contributed by atoms with van der Waals surface area (Å²) in [4.78, 5) is 14.0. The quantitative estimate of drug-likeness (QED) is 0.437. The second-order valence-corrected chi connectivity index (χ2v) is 6.40. The second kappa shape index (κ2) is 5.89. The lowest BCUT2D eigenvalue weighted by Crippen LogP contribution is -2.50. The third-order valence-electron chi connectivity index (χ3n) is 3.04. The first-order valence-corrected chi connectivity index (χ1v) is 6.89. The van der Waals surface area contributed by atoms with Crippen LogP contribution in [0.25, 0.3) is 0 Å². The molecule has 16 heavy (non-hydrogen) atoms. The number of hydrogen-bond acceptors (Lipinski definition) is 4. The highest BCUT2D eigenvalue weighted by Gasteiger charge is 2.31. The van der Waals surface area contributed by atoms with Gasteiger partial charge in [0.2, 0.25) is 5.91 Å². The SMILES string of the molecule is CCC1CN(CC(C)(C)C(=O)NN)CCS1. The number of hydrogen-bond donors (Lipinski definition) is 2. The van der Waals surface area contributed by atoms with Gasteiger partial charge in [-0.2, -0.15) is 11.8 Å². The summed E-state index contributed by atoms with van der Waals surface area (Å²) in [7, 11) is 0. The van der Waals surface area contributed by atoms with Gasteiger partial charge in [0.05, 0.1) is 5.41 Å². The molecule has 1 unspecified atom stereocenters. The van der Waals surface area contributed by atoms with Crippen LogP contribution >= 0.6 is 11.8 Å². The fraction of sp³-hybridized carbons (Fsp3) is 0.909. The van der Waals surface area contributed by atoms with Crippen LogP contribution in [0.5, 0.6) is 0 Å². The summed E-state index contributed by atoms with van der Waals surface area (Å²) in [6.07, 6.45) is 1.20. The molecule has 1 atom stereocenters. The Morgan fingerprint density at radius 3 is 2.88 bits per heavy atom. The minimum Gasteiger partial charge on any atom is -0.300 e. The maximum absolute atomic E-state index is 11.6. The van der Waals surface area contributed by atoms with E-state index in [1.54, 1.807) is 0 Å². The highest BCUT2D eigenvalue weighted by Crippen LogP contribution is 2.24. The van der Waals surface area contributed by atoms with Crippen molar-refractivity contribution in [2.24, 2.45) is 11.3 Å². The normalized spacial score (nSPS) is 23.1. The molecule has 0 saturated carbocycles. The average molecular weight is 245 g/mol. The third-order valence-corrected chi connectivity index (χ3v) is 4.41. The summed E-state index contributed by atoms with van der Waals surface area (Å²) in [5, 5.41) is 0.713. The lowest BCUT2D eigenvalue weighted by Gasteiger charge is -2.36. The van der Waals surface area contributed by atoms with Crippen molar-refractivity contribution < 1.29 is 4.79 Å². The molecule has 4 nitrogen and oxygen atoms in total. The van der Waals surface area contributed by atoms with Gasteiger partial charge in [0, 0.05) is 30.6 Å². The number of rotatable bonds is 4. The molecule has 0 aromatic rings. The summed E-state index contributed by atoms with van der Waals surface area (Å²) in [6.45, 7) is 9.05. The fourth-order valence-corrected chi connectivity index (χ4v) is 3.25. The van der Waals surface area contributed by atoms with E-state index in [1.807, 2.05) is 25.6 Å². The highest BCUT2D eigenvalue weighted by atomic mass is 32.2. The Morgan fingerprint density at radius 1 is 1.62 bits per heavy atom. The monoisotopic (exact) mass is 245 g/mol. The molecule has 1 saturated heterocycles. The predicted molar refractivity (Wildman–Crippen MR) is 69.1 cm³/mol. The summed E-state index contributed by atoms with van der Waals surface area (Å²) < 4.78 is 0. The van der Waals surface area contributed by atoms with Gasteiger partial charge in [-0.25, -0.2) is 5.84 Å². The van der Waals surface area contributed by atoms with E-state index in [0.29, 0.717) is 5.25 Å². The van der Waals surface area contributed by atoms with Crippen LogP contribution in [0.15, 0.2) is 0 Å². The molecule has 0 aromatic carbocycles. The number of carbonyl (C=O) groups is 1. The van der Waals surface area contributed by atoms with Gasteiger partial charge in [0.1, 0.15) is 0 Å². The molecule has 0 aliphatic carbocycles. The van der Waals surface area contributed by atoms with Gasteiger partial charge in [0.15, 0.2) is 0 Å². The first kappa shape index (κ1) is 13.8. The molecule has 1 rings (SSSR count). The maximum Gasteiger partial charge on any atom is 0.240 e. The van der Waals surface area contributed by atoms with Crippen LogP contribution in [0.4, 0.5) is 0 Å². The van der Waals surface area contributed by atoms with Crippen LogP contribution in [0.1, 0.15) is 27.2 Å². The van der Waals surface area contributed by atoms with E-state index in [9.17, 15) is 4.79 Å². The van der Waals surface area contributed by atoms with E-state index in [-0.39, 0.29) is 5.91 Å². The molecule has 1 amide bonds. The number of nitrogens with two attached hydrogens (primary N) is 1. The number of amides is 1. The highest BCUT2D eigenvalue weighted by molar-refractivity contribution is 8.00. The zero-order valence-corrected chi connectivity index (χ0v) is 11.3. The Bertz CT molecular complexity index is 245. The summed E-state index contributed by atoms with van der Waals surface area (Å²) in [6, 6.07) is 0. The third kappa shape index (κ3) is 3.64. The minimum atomic E-state index is -0.408. The van der Waals surface area contributed by atoms with E-state index >= 15 is 0 Å². The molecule has 1 aliphatic heterocycles. The number of nitrogens with one attached hydrogen (secondary N) is 1. The zero-order chi connectivity index (χ0) is 12.2. The number of nitrogens with zero attached hydrogens (tertiary/aromatic N) is 1. The smallest absolute Gasteiger partial charge is 0.240 e. The molecule has 0 aromatic heterocycles. The minimum absolute atomic E-state index is 0.0845. The van der Waals surface area contributed by atoms with Gasteiger partial charge in [-0.15, -0.1) is 0 Å². The van der Waals surface area contributed by atoms with Crippen LogP contribution in [0.3, 0.4) is 0 Å². The van der Waals surface area contributed by atoms with Crippen molar-refractivity contribution in [3.8, 4) is 0 Å². The molecule has 0 spiro atoms. The summed E-state index contributed by atoms with van der Waals surface area (Å²) in [5.74, 6) is 6.28. The Hall–Kier alpha value is -0.260. The molecule has 1 fully saturated rings. The zero-order valence-electron chi connectivity index (χ0n) is 10.5. The van der Waals surface area contributed by atoms with Gasteiger partial charge in [-0.3, -0.25) is 10.2 Å². The van der Waals surface area contributed by atoms with E-state index in [1.165, 1.54) is 12.2 Å². The first-order valence-electron chi connectivity index (χ1n) is 5.84. The van der Waals surface area contributed by atoms with Crippen molar-refractivity contribution in [2.45, 2.75) is 32.4 Å². The lowest BCUT2D eigenvalue weighted by atomic mass is 9.91. The van der Waals surface area contributed by atoms with Crippen molar-refractivity contribution in [1.29, 1.82) is 0 Å². The van der Waals surface area contributed by atoms with Gasteiger partial charge in [-0.1, -0.05) is 6.92 Å². The van der Waals surface area contributed by atoms with Crippen molar-refractivity contribution in [3.05, 3.63) is 0 Å². The number of carbonyl (C=O) groups excluding carboxylic acids is 1. The van der Waals surface area contributed by atoms with Crippen LogP contribution in [0.2, 0.25) is 0 Å². The number of thioether (sulfide) groups is 1. The molecular formula is C11H23N3OS. The summed E-state index contributed by atoms with van der Waals surface area (Å²) in [5.41, 5.74) is 1.84. The Kier molecular flexibility index (Phi) is 5.08. The van der Waals surface area contributed by atoms with Crippen LogP contribution in [-0.4, -0.2) is 41.4 Å². The largest absolute Gasteiger partial charge is 0.300 e. The van der Waals surface area contributed by atoms with Gasteiger partial charge in [0.25, 0.3) is 0 Å². The van der Waals surface area contributed by atoms with Gasteiger partial charge in [-0.05, 0) is 20.3 Å². The Morgan fingerprint density at radius 2 is 2.31 bits per heavy atom. The van der Waals surface area contributed by atoms with Crippen LogP contribution in [0, 0.1) is 5.41 Å². The van der Waals surface area contributed by atoms with E-state index < -0.39 is 5.41 Å². The van der Waals surface area contributed by atoms with Gasteiger partial charge >= 0.3 is 0 Å².